The van der Waals surface area contributed by atoms with Gasteiger partial charge < -0.3 is 9.73 Å². The van der Waals surface area contributed by atoms with Crippen LogP contribution < -0.4 is 5.32 Å². The van der Waals surface area contributed by atoms with Crippen LogP contribution in [0.1, 0.15) is 32.3 Å². The van der Waals surface area contributed by atoms with Crippen molar-refractivity contribution in [3.05, 3.63) is 23.7 Å². The summed E-state index contributed by atoms with van der Waals surface area (Å²) in [5, 5.41) is 3.26. The molecule has 0 aliphatic carbocycles. The maximum absolute atomic E-state index is 5.73. The minimum absolute atomic E-state index is 0.696. The molecule has 16 heavy (non-hydrogen) atoms. The van der Waals surface area contributed by atoms with Gasteiger partial charge in [0, 0.05) is 6.54 Å². The number of nitrogens with zero attached hydrogens (tertiary/aromatic N) is 1. The molecule has 0 spiro atoms. The predicted octanol–water partition coefficient (Wildman–Crippen LogP) is 2.48. The normalized spacial score (nSPS) is 11.6. The van der Waals surface area contributed by atoms with Gasteiger partial charge in [0.2, 0.25) is 0 Å². The van der Waals surface area contributed by atoms with Gasteiger partial charge in [-0.25, -0.2) is 0 Å². The van der Waals surface area contributed by atoms with Crippen LogP contribution in [-0.4, -0.2) is 25.0 Å². The quantitative estimate of drug-likeness (QED) is 0.771. The summed E-state index contributed by atoms with van der Waals surface area (Å²) in [5.74, 6) is 2.77. The van der Waals surface area contributed by atoms with Crippen molar-refractivity contribution in [2.75, 3.05) is 20.1 Å². The van der Waals surface area contributed by atoms with E-state index < -0.39 is 0 Å². The molecule has 0 atom stereocenters. The van der Waals surface area contributed by atoms with Crippen molar-refractivity contribution in [1.82, 2.24) is 10.2 Å². The van der Waals surface area contributed by atoms with Crippen molar-refractivity contribution < 1.29 is 4.42 Å². The van der Waals surface area contributed by atoms with E-state index >= 15 is 0 Å². The fourth-order valence-electron chi connectivity index (χ4n) is 1.80. The average Bonchev–Trinajstić information content (AvgIpc) is 2.61. The first-order valence-corrected chi connectivity index (χ1v) is 6.08. The van der Waals surface area contributed by atoms with Crippen molar-refractivity contribution in [3.8, 4) is 0 Å². The van der Waals surface area contributed by atoms with Crippen molar-refractivity contribution in [2.24, 2.45) is 5.92 Å². The molecular formula is C13H24N2O. The van der Waals surface area contributed by atoms with Gasteiger partial charge in [0.1, 0.15) is 11.5 Å². The van der Waals surface area contributed by atoms with Crippen LogP contribution in [0.15, 0.2) is 16.5 Å². The zero-order valence-electron chi connectivity index (χ0n) is 10.9. The molecule has 0 aliphatic heterocycles. The zero-order valence-corrected chi connectivity index (χ0v) is 10.9. The predicted molar refractivity (Wildman–Crippen MR) is 67.3 cm³/mol. The van der Waals surface area contributed by atoms with Crippen molar-refractivity contribution in [2.45, 2.75) is 33.9 Å². The van der Waals surface area contributed by atoms with Crippen molar-refractivity contribution >= 4 is 0 Å². The summed E-state index contributed by atoms with van der Waals surface area (Å²) in [5.41, 5.74) is 0. The van der Waals surface area contributed by atoms with E-state index in [9.17, 15) is 0 Å². The van der Waals surface area contributed by atoms with Gasteiger partial charge in [0.15, 0.2) is 0 Å². The summed E-state index contributed by atoms with van der Waals surface area (Å²) in [6, 6.07) is 4.13. The lowest BCUT2D eigenvalue weighted by molar-refractivity contribution is 0.261. The van der Waals surface area contributed by atoms with Gasteiger partial charge in [-0.3, -0.25) is 4.90 Å². The first kappa shape index (κ1) is 13.3. The van der Waals surface area contributed by atoms with Crippen LogP contribution in [0, 0.1) is 5.92 Å². The zero-order chi connectivity index (χ0) is 12.0. The van der Waals surface area contributed by atoms with E-state index in [1.54, 1.807) is 0 Å². The Bertz CT molecular complexity index is 294. The maximum Gasteiger partial charge on any atom is 0.118 e. The minimum atomic E-state index is 0.696. The first-order valence-electron chi connectivity index (χ1n) is 6.08. The molecule has 0 aliphatic rings. The van der Waals surface area contributed by atoms with Crippen LogP contribution in [0.25, 0.3) is 0 Å². The molecule has 0 aromatic carbocycles. The average molecular weight is 224 g/mol. The summed E-state index contributed by atoms with van der Waals surface area (Å²) >= 11 is 0. The van der Waals surface area contributed by atoms with Crippen LogP contribution in [-0.2, 0) is 13.1 Å². The second-order valence-electron chi connectivity index (χ2n) is 4.74. The molecule has 3 nitrogen and oxygen atoms in total. The standard InChI is InChI=1S/C13H24N2O/c1-5-14-8-12-6-7-13(16-12)10-15(4)9-11(2)3/h6-7,11,14H,5,8-10H2,1-4H3. The lowest BCUT2D eigenvalue weighted by Crippen LogP contribution is -2.22. The third-order valence-corrected chi connectivity index (χ3v) is 2.37. The highest BCUT2D eigenvalue weighted by Gasteiger charge is 2.06. The molecular weight excluding hydrogens is 200 g/mol. The smallest absolute Gasteiger partial charge is 0.118 e. The molecule has 92 valence electrons. The van der Waals surface area contributed by atoms with E-state index in [4.69, 9.17) is 4.42 Å². The van der Waals surface area contributed by atoms with E-state index in [0.29, 0.717) is 5.92 Å². The van der Waals surface area contributed by atoms with E-state index in [1.165, 1.54) is 0 Å². The molecule has 1 N–H and O–H groups in total. The van der Waals surface area contributed by atoms with Crippen molar-refractivity contribution in [3.63, 3.8) is 0 Å². The van der Waals surface area contributed by atoms with Gasteiger partial charge in [0.25, 0.3) is 0 Å². The molecule has 1 aromatic rings. The summed E-state index contributed by atoms with van der Waals surface area (Å²) in [4.78, 5) is 2.29. The molecule has 0 saturated carbocycles. The number of nitrogens with one attached hydrogen (secondary N) is 1. The fraction of sp³-hybridized carbons (Fsp3) is 0.692. The van der Waals surface area contributed by atoms with Crippen LogP contribution in [0.5, 0.6) is 0 Å². The highest BCUT2D eigenvalue weighted by Crippen LogP contribution is 2.10. The van der Waals surface area contributed by atoms with Crippen molar-refractivity contribution in [1.29, 1.82) is 0 Å². The fourth-order valence-corrected chi connectivity index (χ4v) is 1.80. The van der Waals surface area contributed by atoms with Crippen LogP contribution in [0.2, 0.25) is 0 Å². The molecule has 1 rings (SSSR count). The number of rotatable bonds is 7. The summed E-state index contributed by atoms with van der Waals surface area (Å²) in [7, 11) is 2.13. The van der Waals surface area contributed by atoms with Gasteiger partial charge in [-0.05, 0) is 31.6 Å². The Kier molecular flexibility index (Phi) is 5.56. The molecule has 1 aromatic heterocycles. The molecule has 1 heterocycles. The minimum Gasteiger partial charge on any atom is -0.463 e. The second-order valence-corrected chi connectivity index (χ2v) is 4.74. The Balaban J connectivity index is 2.39. The molecule has 3 heteroatoms. The lowest BCUT2D eigenvalue weighted by atomic mass is 10.2. The molecule has 0 fully saturated rings. The van der Waals surface area contributed by atoms with E-state index in [-0.39, 0.29) is 0 Å². The highest BCUT2D eigenvalue weighted by atomic mass is 16.3. The second kappa shape index (κ2) is 6.71. The van der Waals surface area contributed by atoms with Gasteiger partial charge >= 0.3 is 0 Å². The molecule has 0 unspecified atom stereocenters. The third-order valence-electron chi connectivity index (χ3n) is 2.37. The van der Waals surface area contributed by atoms with Gasteiger partial charge in [-0.1, -0.05) is 20.8 Å². The monoisotopic (exact) mass is 224 g/mol. The Morgan fingerprint density at radius 2 is 2.00 bits per heavy atom. The molecule has 0 bridgehead atoms. The topological polar surface area (TPSA) is 28.4 Å². The summed E-state index contributed by atoms with van der Waals surface area (Å²) in [6.45, 7) is 10.4. The lowest BCUT2D eigenvalue weighted by Gasteiger charge is -2.17. The Hall–Kier alpha value is -0.800. The van der Waals surface area contributed by atoms with Gasteiger partial charge in [-0.15, -0.1) is 0 Å². The largest absolute Gasteiger partial charge is 0.463 e. The van der Waals surface area contributed by atoms with E-state index in [1.807, 2.05) is 0 Å². The van der Waals surface area contributed by atoms with Gasteiger partial charge in [-0.2, -0.15) is 0 Å². The first-order chi connectivity index (χ1) is 7.61. The van der Waals surface area contributed by atoms with Crippen LogP contribution in [0.3, 0.4) is 0 Å². The molecule has 0 amide bonds. The Morgan fingerprint density at radius 1 is 1.31 bits per heavy atom. The van der Waals surface area contributed by atoms with E-state index in [2.05, 4.69) is 50.2 Å². The summed E-state index contributed by atoms with van der Waals surface area (Å²) < 4.78 is 5.73. The van der Waals surface area contributed by atoms with Gasteiger partial charge in [0.05, 0.1) is 13.1 Å². The number of furan rings is 1. The number of hydrogen-bond donors (Lipinski definition) is 1. The van der Waals surface area contributed by atoms with Crippen LogP contribution in [0.4, 0.5) is 0 Å². The Morgan fingerprint density at radius 3 is 2.62 bits per heavy atom. The van der Waals surface area contributed by atoms with Crippen LogP contribution >= 0.6 is 0 Å². The van der Waals surface area contributed by atoms with E-state index in [0.717, 1.165) is 37.7 Å². The summed E-state index contributed by atoms with van der Waals surface area (Å²) in [6.07, 6.45) is 0. The SMILES string of the molecule is CCNCc1ccc(CN(C)CC(C)C)o1. The Labute approximate surface area is 98.8 Å². The maximum atomic E-state index is 5.73. The third kappa shape index (κ3) is 4.81. The number of hydrogen-bond acceptors (Lipinski definition) is 3. The highest BCUT2D eigenvalue weighted by molar-refractivity contribution is 5.06. The molecule has 0 saturated heterocycles. The molecule has 0 radical (unpaired) electrons.